The molecule has 19 heteroatoms. The number of aromatic nitrogens is 10. The summed E-state index contributed by atoms with van der Waals surface area (Å²) in [6.45, 7) is 15.5. The minimum atomic E-state index is -0.750. The maximum Gasteiger partial charge on any atom is 0.268 e. The number of pyridine rings is 2. The van der Waals surface area contributed by atoms with Crippen molar-refractivity contribution in [3.63, 3.8) is 0 Å². The number of benzene rings is 2. The van der Waals surface area contributed by atoms with Crippen molar-refractivity contribution in [2.45, 2.75) is 52.4 Å². The molecule has 0 unspecified atom stereocenters. The van der Waals surface area contributed by atoms with Gasteiger partial charge in [-0.2, -0.15) is 10.5 Å². The molecule has 9 rings (SSSR count). The van der Waals surface area contributed by atoms with Crippen LogP contribution >= 0.6 is 0 Å². The van der Waals surface area contributed by atoms with Gasteiger partial charge in [-0.15, -0.1) is 20.4 Å². The van der Waals surface area contributed by atoms with Crippen LogP contribution in [-0.4, -0.2) is 102 Å². The fraction of sp³-hybridized carbons (Fsp3) is 0.308. The quantitative estimate of drug-likeness (QED) is 0.0867. The molecule has 0 saturated carbocycles. The molecule has 1 aliphatic heterocycles. The molecule has 0 amide bonds. The molecule has 71 heavy (non-hydrogen) atoms. The van der Waals surface area contributed by atoms with Crippen LogP contribution in [0, 0.1) is 48.2 Å². The lowest BCUT2D eigenvalue weighted by molar-refractivity contribution is 0.365. The standard InChI is InChI=1S/C26H27FN8O.C26H26N8O.3H2/c1-16-23(32-21(14-31-16)17-8-9-30-22(12-17)26(2,3)15-28)25-34-33-24(36-25)19-7-6-18(13-20(19)27)29-10-11-35(4)5;1-16-23(32-21(14-30-16)19-8-9-29-22(10-19)26(2,3)15-27)25-34-33-24(35-25)18-4-6-20(7-5-18)31-13-17-11-28-12-17;;;/h6-9,12-14,29H,10-11H2,1-5H3;4-10,14,17,28,31H,11-13H2,1-3H3;3*1H. The van der Waals surface area contributed by atoms with E-state index in [9.17, 15) is 14.9 Å². The van der Waals surface area contributed by atoms with E-state index in [-0.39, 0.29) is 21.6 Å². The van der Waals surface area contributed by atoms with Gasteiger partial charge in [0, 0.05) is 83.4 Å². The summed E-state index contributed by atoms with van der Waals surface area (Å²) in [7, 11) is 3.95. The third-order valence-electron chi connectivity index (χ3n) is 11.8. The first-order valence-electron chi connectivity index (χ1n) is 23.0. The normalized spacial score (nSPS) is 12.6. The molecule has 0 bridgehead atoms. The third-order valence-corrected chi connectivity index (χ3v) is 11.8. The smallest absolute Gasteiger partial charge is 0.268 e. The van der Waals surface area contributed by atoms with E-state index in [4.69, 9.17) is 13.8 Å². The van der Waals surface area contributed by atoms with Crippen LogP contribution in [0.25, 0.3) is 68.6 Å². The van der Waals surface area contributed by atoms with E-state index < -0.39 is 16.6 Å². The first-order valence-corrected chi connectivity index (χ1v) is 23.0. The van der Waals surface area contributed by atoms with Crippen molar-refractivity contribution in [2.24, 2.45) is 5.92 Å². The SMILES string of the molecule is Cc1ncc(-c2ccnc(C(C)(C)C#N)c2)nc1-c1nnc(-c2ccc(NCC3CNC3)cc2)o1.Cc1ncc(-c2ccnc(C(C)(C)C#N)c2)nc1-c1nnc(-c2ccc(NCCN(C)C)cc2F)o1.[HH].[HH].[HH]. The molecular weight excluding hydrogens is 900 g/mol. The molecule has 0 aliphatic carbocycles. The van der Waals surface area contributed by atoms with Gasteiger partial charge in [0.2, 0.25) is 5.89 Å². The average molecular weight is 959 g/mol. The van der Waals surface area contributed by atoms with Gasteiger partial charge in [0.15, 0.2) is 0 Å². The molecule has 1 saturated heterocycles. The lowest BCUT2D eigenvalue weighted by atomic mass is 9.90. The minimum absolute atomic E-state index is 0. The summed E-state index contributed by atoms with van der Waals surface area (Å²) in [5.41, 5.74) is 7.54. The Balaban J connectivity index is 0.000000263. The molecular formula is C52H59FN16O2. The Labute approximate surface area is 415 Å². The van der Waals surface area contributed by atoms with Gasteiger partial charge in [-0.05, 0) is 122 Å². The number of nitrogens with zero attached hydrogens (tertiary/aromatic N) is 13. The second-order valence-electron chi connectivity index (χ2n) is 18.4. The van der Waals surface area contributed by atoms with Gasteiger partial charge >= 0.3 is 0 Å². The van der Waals surface area contributed by atoms with Crippen LogP contribution in [0.15, 0.2) is 100 Å². The van der Waals surface area contributed by atoms with Gasteiger partial charge in [-0.1, -0.05) is 0 Å². The summed E-state index contributed by atoms with van der Waals surface area (Å²) in [6, 6.07) is 24.6. The molecule has 1 fully saturated rings. The van der Waals surface area contributed by atoms with Crippen molar-refractivity contribution in [1.82, 2.24) is 60.5 Å². The number of halogens is 1. The van der Waals surface area contributed by atoms with E-state index >= 15 is 0 Å². The summed E-state index contributed by atoms with van der Waals surface area (Å²) < 4.78 is 26.6. The van der Waals surface area contributed by atoms with Gasteiger partial charge in [0.25, 0.3) is 17.7 Å². The maximum atomic E-state index is 14.8. The Morgan fingerprint density at radius 3 is 1.70 bits per heavy atom. The van der Waals surface area contributed by atoms with E-state index in [1.165, 1.54) is 6.07 Å². The van der Waals surface area contributed by atoms with Crippen molar-refractivity contribution in [3.05, 3.63) is 120 Å². The van der Waals surface area contributed by atoms with E-state index in [2.05, 4.69) is 73.4 Å². The molecule has 0 radical (unpaired) electrons. The first-order chi connectivity index (χ1) is 34.1. The highest BCUT2D eigenvalue weighted by atomic mass is 19.1. The number of likely N-dealkylation sites (N-methyl/N-ethyl adjacent to an activating group) is 1. The summed E-state index contributed by atoms with van der Waals surface area (Å²) in [5.74, 6) is 1.12. The lowest BCUT2D eigenvalue weighted by Crippen LogP contribution is -2.45. The molecule has 366 valence electrons. The summed E-state index contributed by atoms with van der Waals surface area (Å²) in [6.07, 6.45) is 6.64. The van der Waals surface area contributed by atoms with Crippen LogP contribution in [0.5, 0.6) is 0 Å². The first kappa shape index (κ1) is 49.0. The fourth-order valence-corrected chi connectivity index (χ4v) is 7.13. The number of hydrogen-bond donors (Lipinski definition) is 3. The Morgan fingerprint density at radius 1 is 0.676 bits per heavy atom. The molecule has 1 aliphatic rings. The van der Waals surface area contributed by atoms with Gasteiger partial charge < -0.3 is 29.7 Å². The van der Waals surface area contributed by atoms with Crippen LogP contribution in [-0.2, 0) is 10.8 Å². The maximum absolute atomic E-state index is 14.8. The highest BCUT2D eigenvalue weighted by Gasteiger charge is 2.25. The monoisotopic (exact) mass is 958 g/mol. The van der Waals surface area contributed by atoms with Gasteiger partial charge in [0.1, 0.15) is 17.2 Å². The van der Waals surface area contributed by atoms with E-state index in [1.807, 2.05) is 82.2 Å². The molecule has 0 spiro atoms. The van der Waals surface area contributed by atoms with Gasteiger partial charge in [-0.25, -0.2) is 14.4 Å². The van der Waals surface area contributed by atoms with Crippen LogP contribution in [0.4, 0.5) is 15.8 Å². The number of nitrogens with one attached hydrogen (secondary N) is 3. The summed E-state index contributed by atoms with van der Waals surface area (Å²) in [4.78, 5) is 29.1. The molecule has 0 atom stereocenters. The van der Waals surface area contributed by atoms with Crippen molar-refractivity contribution in [2.75, 3.05) is 57.5 Å². The van der Waals surface area contributed by atoms with Crippen LogP contribution in [0.1, 0.15) is 54.8 Å². The Hall–Kier alpha value is -8.39. The zero-order valence-electron chi connectivity index (χ0n) is 40.8. The number of rotatable bonds is 15. The number of aryl methyl sites for hydroxylation is 2. The van der Waals surface area contributed by atoms with Crippen molar-refractivity contribution in [1.29, 1.82) is 10.5 Å². The number of anilines is 2. The van der Waals surface area contributed by atoms with Crippen LogP contribution < -0.4 is 16.0 Å². The predicted molar refractivity (Wildman–Crippen MR) is 273 cm³/mol. The largest absolute Gasteiger partial charge is 0.415 e. The van der Waals surface area contributed by atoms with Gasteiger partial charge in [-0.3, -0.25) is 19.9 Å². The number of hydrogen-bond acceptors (Lipinski definition) is 18. The van der Waals surface area contributed by atoms with Crippen molar-refractivity contribution in [3.8, 4) is 80.7 Å². The van der Waals surface area contributed by atoms with Crippen LogP contribution in [0.3, 0.4) is 0 Å². The molecule has 8 aromatic rings. The summed E-state index contributed by atoms with van der Waals surface area (Å²) >= 11 is 0. The Kier molecular flexibility index (Phi) is 14.6. The Bertz CT molecular complexity index is 3260. The average Bonchev–Trinajstić information content (AvgIpc) is 4.06. The molecule has 3 N–H and O–H groups in total. The number of nitriles is 2. The lowest BCUT2D eigenvalue weighted by Gasteiger charge is -2.27. The molecule has 2 aromatic carbocycles. The highest BCUT2D eigenvalue weighted by molar-refractivity contribution is 5.66. The predicted octanol–water partition coefficient (Wildman–Crippen LogP) is 9.21. The van der Waals surface area contributed by atoms with Gasteiger partial charge in [0.05, 0.1) is 75.1 Å². The van der Waals surface area contributed by atoms with Crippen molar-refractivity contribution < 1.29 is 17.5 Å². The zero-order chi connectivity index (χ0) is 50.3. The van der Waals surface area contributed by atoms with Crippen molar-refractivity contribution >= 4 is 11.4 Å². The topological polar surface area (TPSA) is 242 Å². The molecule has 6 aromatic heterocycles. The Morgan fingerprint density at radius 2 is 1.20 bits per heavy atom. The molecule has 7 heterocycles. The second-order valence-corrected chi connectivity index (χ2v) is 18.4. The zero-order valence-corrected chi connectivity index (χ0v) is 40.8. The van der Waals surface area contributed by atoms with Crippen LogP contribution in [0.2, 0.25) is 0 Å². The minimum Gasteiger partial charge on any atom is -0.415 e. The highest BCUT2D eigenvalue weighted by Crippen LogP contribution is 2.32. The third kappa shape index (κ3) is 11.6. The second kappa shape index (κ2) is 21.1. The molecule has 18 nitrogen and oxygen atoms in total. The fourth-order valence-electron chi connectivity index (χ4n) is 7.13. The summed E-state index contributed by atoms with van der Waals surface area (Å²) in [5, 5.41) is 45.4. The van der Waals surface area contributed by atoms with E-state index in [1.54, 1.807) is 63.8 Å². The van der Waals surface area contributed by atoms with E-state index in [0.717, 1.165) is 48.6 Å². The van der Waals surface area contributed by atoms with E-state index in [0.29, 0.717) is 75.5 Å².